The molecule has 2 amide bonds. The minimum absolute atomic E-state index is 0.371. The van der Waals surface area contributed by atoms with Crippen LogP contribution in [-0.4, -0.2) is 45.9 Å². The maximum absolute atomic E-state index is 14.0. The van der Waals surface area contributed by atoms with Crippen molar-refractivity contribution in [2.75, 3.05) is 37.9 Å². The van der Waals surface area contributed by atoms with Gasteiger partial charge in [-0.05, 0) is 37.3 Å². The molecule has 192 valence electrons. The first kappa shape index (κ1) is 24.5. The molecule has 0 aliphatic carbocycles. The molecule has 0 radical (unpaired) electrons. The number of para-hydroxylation sites is 1. The minimum atomic E-state index is -1.02. The lowest BCUT2D eigenvalue weighted by Crippen LogP contribution is -2.37. The van der Waals surface area contributed by atoms with Crippen molar-refractivity contribution >= 4 is 23.2 Å². The summed E-state index contributed by atoms with van der Waals surface area (Å²) >= 11 is 0. The van der Waals surface area contributed by atoms with E-state index in [1.54, 1.807) is 41.5 Å². The molecule has 2 aliphatic rings. The standard InChI is InChI=1S/C28H28N2O7/c1-5-36-19-13-9-12-18(14-19)29-27(31)24-25(20-15-22(34-3)23(35-4)16-21(20)33-2)30(37-26(24)28(29)32)17-10-7-6-8-11-17/h6-16,24-26H,5H2,1-4H3/t24-,25+,26-/m0/s1. The molecule has 9 heteroatoms. The molecule has 3 atom stereocenters. The van der Waals surface area contributed by atoms with E-state index in [4.69, 9.17) is 23.8 Å². The van der Waals surface area contributed by atoms with Crippen LogP contribution in [0.1, 0.15) is 18.5 Å². The number of hydroxylamine groups is 1. The molecule has 0 aromatic heterocycles. The summed E-state index contributed by atoms with van der Waals surface area (Å²) in [7, 11) is 4.61. The van der Waals surface area contributed by atoms with Crippen molar-refractivity contribution in [1.29, 1.82) is 0 Å². The highest BCUT2D eigenvalue weighted by Crippen LogP contribution is 2.51. The van der Waals surface area contributed by atoms with Gasteiger partial charge in [-0.1, -0.05) is 24.3 Å². The Morgan fingerprint density at radius 1 is 0.784 bits per heavy atom. The third-order valence-electron chi connectivity index (χ3n) is 6.57. The van der Waals surface area contributed by atoms with Gasteiger partial charge in [-0.15, -0.1) is 0 Å². The van der Waals surface area contributed by atoms with Crippen molar-refractivity contribution in [3.63, 3.8) is 0 Å². The fourth-order valence-corrected chi connectivity index (χ4v) is 4.95. The van der Waals surface area contributed by atoms with E-state index < -0.39 is 24.0 Å². The molecule has 2 aliphatic heterocycles. The molecule has 9 nitrogen and oxygen atoms in total. The molecule has 0 spiro atoms. The Morgan fingerprint density at radius 2 is 1.46 bits per heavy atom. The molecule has 0 bridgehead atoms. The maximum atomic E-state index is 14.0. The number of hydrogen-bond acceptors (Lipinski definition) is 8. The van der Waals surface area contributed by atoms with Gasteiger partial charge in [0.25, 0.3) is 5.91 Å². The number of fused-ring (bicyclic) bond motifs is 1. The molecule has 2 fully saturated rings. The lowest BCUT2D eigenvalue weighted by molar-refractivity contribution is -0.126. The highest BCUT2D eigenvalue weighted by Gasteiger charge is 2.61. The third kappa shape index (κ3) is 4.11. The predicted octanol–water partition coefficient (Wildman–Crippen LogP) is 4.16. The molecule has 37 heavy (non-hydrogen) atoms. The highest BCUT2D eigenvalue weighted by atomic mass is 16.7. The van der Waals surface area contributed by atoms with Crippen LogP contribution in [0.2, 0.25) is 0 Å². The monoisotopic (exact) mass is 504 g/mol. The van der Waals surface area contributed by atoms with Gasteiger partial charge in [0.2, 0.25) is 5.91 Å². The van der Waals surface area contributed by atoms with Gasteiger partial charge in [-0.2, -0.15) is 0 Å². The zero-order chi connectivity index (χ0) is 26.1. The number of nitrogens with zero attached hydrogens (tertiary/aromatic N) is 2. The quantitative estimate of drug-likeness (QED) is 0.423. The second kappa shape index (κ2) is 10.0. The summed E-state index contributed by atoms with van der Waals surface area (Å²) in [5, 5.41) is 1.61. The zero-order valence-electron chi connectivity index (χ0n) is 21.0. The normalized spacial score (nSPS) is 20.7. The molecule has 2 heterocycles. The first-order valence-electron chi connectivity index (χ1n) is 11.9. The van der Waals surface area contributed by atoms with Crippen LogP contribution in [0.5, 0.6) is 23.0 Å². The number of hydrogen-bond donors (Lipinski definition) is 0. The Labute approximate surface area is 215 Å². The first-order chi connectivity index (χ1) is 18.0. The highest BCUT2D eigenvalue weighted by molar-refractivity contribution is 6.24. The smallest absolute Gasteiger partial charge is 0.266 e. The van der Waals surface area contributed by atoms with Crippen LogP contribution < -0.4 is 28.9 Å². The number of carbonyl (C=O) groups excluding carboxylic acids is 2. The molecule has 0 unspecified atom stereocenters. The lowest BCUT2D eigenvalue weighted by atomic mass is 9.89. The Hall–Kier alpha value is -4.24. The van der Waals surface area contributed by atoms with Gasteiger partial charge >= 0.3 is 0 Å². The topological polar surface area (TPSA) is 86.8 Å². The molecule has 5 rings (SSSR count). The fourth-order valence-electron chi connectivity index (χ4n) is 4.95. The van der Waals surface area contributed by atoms with E-state index in [2.05, 4.69) is 0 Å². The van der Waals surface area contributed by atoms with E-state index in [-0.39, 0.29) is 5.91 Å². The van der Waals surface area contributed by atoms with Gasteiger partial charge in [0, 0.05) is 17.7 Å². The Balaban J connectivity index is 1.63. The van der Waals surface area contributed by atoms with E-state index >= 15 is 0 Å². The summed E-state index contributed by atoms with van der Waals surface area (Å²) in [4.78, 5) is 35.0. The number of anilines is 2. The van der Waals surface area contributed by atoms with Crippen LogP contribution in [0.15, 0.2) is 66.7 Å². The number of rotatable bonds is 8. The average molecular weight is 505 g/mol. The predicted molar refractivity (Wildman–Crippen MR) is 136 cm³/mol. The van der Waals surface area contributed by atoms with E-state index in [0.29, 0.717) is 46.5 Å². The average Bonchev–Trinajstić information content (AvgIpc) is 3.44. The number of methoxy groups -OCH3 is 3. The van der Waals surface area contributed by atoms with E-state index in [1.165, 1.54) is 26.2 Å². The Morgan fingerprint density at radius 3 is 2.14 bits per heavy atom. The Bertz CT molecular complexity index is 1310. The Kier molecular flexibility index (Phi) is 6.62. The second-order valence-corrected chi connectivity index (χ2v) is 8.55. The van der Waals surface area contributed by atoms with Crippen LogP contribution in [0.3, 0.4) is 0 Å². The SMILES string of the molecule is CCOc1cccc(N2C(=O)[C@@H]3[C@H](ON(c4ccccc4)[C@@H]3c3cc(OC)c(OC)cc3OC)C2=O)c1. The molecule has 3 aromatic rings. The zero-order valence-corrected chi connectivity index (χ0v) is 21.0. The number of ether oxygens (including phenoxy) is 4. The van der Waals surface area contributed by atoms with Crippen molar-refractivity contribution in [2.45, 2.75) is 19.1 Å². The molecular weight excluding hydrogens is 476 g/mol. The number of benzene rings is 3. The minimum Gasteiger partial charge on any atom is -0.496 e. The van der Waals surface area contributed by atoms with Crippen LogP contribution in [0.25, 0.3) is 0 Å². The fraction of sp³-hybridized carbons (Fsp3) is 0.286. The molecular formula is C28H28N2O7. The van der Waals surface area contributed by atoms with Crippen molar-refractivity contribution in [1.82, 2.24) is 0 Å². The van der Waals surface area contributed by atoms with Gasteiger partial charge in [-0.25, -0.2) is 9.96 Å². The van der Waals surface area contributed by atoms with Gasteiger partial charge in [0.1, 0.15) is 23.5 Å². The van der Waals surface area contributed by atoms with Gasteiger partial charge in [0.15, 0.2) is 17.6 Å². The molecule has 2 saturated heterocycles. The van der Waals surface area contributed by atoms with E-state index in [0.717, 1.165) is 0 Å². The van der Waals surface area contributed by atoms with Crippen LogP contribution >= 0.6 is 0 Å². The largest absolute Gasteiger partial charge is 0.496 e. The maximum Gasteiger partial charge on any atom is 0.266 e. The van der Waals surface area contributed by atoms with Crippen LogP contribution in [-0.2, 0) is 14.4 Å². The van der Waals surface area contributed by atoms with Crippen LogP contribution in [0, 0.1) is 5.92 Å². The first-order valence-corrected chi connectivity index (χ1v) is 11.9. The summed E-state index contributed by atoms with van der Waals surface area (Å²) < 4.78 is 22.3. The molecule has 0 N–H and O–H groups in total. The molecule has 3 aromatic carbocycles. The van der Waals surface area contributed by atoms with Gasteiger partial charge < -0.3 is 18.9 Å². The summed E-state index contributed by atoms with van der Waals surface area (Å²) in [5.41, 5.74) is 1.76. The van der Waals surface area contributed by atoms with Crippen molar-refractivity contribution in [3.8, 4) is 23.0 Å². The van der Waals surface area contributed by atoms with Crippen LogP contribution in [0.4, 0.5) is 11.4 Å². The number of carbonyl (C=O) groups is 2. The van der Waals surface area contributed by atoms with Crippen molar-refractivity contribution < 1.29 is 33.4 Å². The van der Waals surface area contributed by atoms with Gasteiger partial charge in [-0.3, -0.25) is 14.4 Å². The second-order valence-electron chi connectivity index (χ2n) is 8.55. The summed E-state index contributed by atoms with van der Waals surface area (Å²) in [6, 6.07) is 19.0. The number of amides is 2. The van der Waals surface area contributed by atoms with E-state index in [1.807, 2.05) is 37.3 Å². The van der Waals surface area contributed by atoms with Crippen molar-refractivity contribution in [2.24, 2.45) is 5.92 Å². The summed E-state index contributed by atoms with van der Waals surface area (Å²) in [5.74, 6) is 0.346. The number of imide groups is 1. The summed E-state index contributed by atoms with van der Waals surface area (Å²) in [6.07, 6.45) is -1.02. The lowest BCUT2D eigenvalue weighted by Gasteiger charge is -2.30. The van der Waals surface area contributed by atoms with E-state index in [9.17, 15) is 9.59 Å². The summed E-state index contributed by atoms with van der Waals surface area (Å²) in [6.45, 7) is 2.34. The third-order valence-corrected chi connectivity index (χ3v) is 6.57. The van der Waals surface area contributed by atoms with Gasteiger partial charge in [0.05, 0.1) is 39.3 Å². The molecule has 0 saturated carbocycles. The van der Waals surface area contributed by atoms with Crippen molar-refractivity contribution in [3.05, 3.63) is 72.3 Å².